The summed E-state index contributed by atoms with van der Waals surface area (Å²) in [5, 5.41) is 2.87. The third kappa shape index (κ3) is 15.6. The predicted molar refractivity (Wildman–Crippen MR) is 76.3 cm³/mol. The van der Waals surface area contributed by atoms with Crippen molar-refractivity contribution in [2.24, 2.45) is 11.1 Å². The van der Waals surface area contributed by atoms with Crippen LogP contribution in [0.5, 0.6) is 0 Å². The first-order valence-corrected chi connectivity index (χ1v) is 7.56. The highest BCUT2D eigenvalue weighted by Gasteiger charge is 1.95. The molecule has 2 nitrogen and oxygen atoms in total. The fourth-order valence-corrected chi connectivity index (χ4v) is 2.14. The monoisotopic (exact) mass is 241 g/mol. The molecule has 0 rings (SSSR count). The largest absolute Gasteiger partial charge is 0.151 e. The van der Waals surface area contributed by atoms with E-state index in [0.29, 0.717) is 6.54 Å². The van der Waals surface area contributed by atoms with E-state index in [4.69, 9.17) is 0 Å². The van der Waals surface area contributed by atoms with E-state index in [1.165, 1.54) is 64.2 Å². The minimum Gasteiger partial charge on any atom is -0.151 e. The van der Waals surface area contributed by atoms with Crippen LogP contribution in [0, 0.1) is 10.8 Å². The number of unbranched alkanes of at least 4 members (excludes halogenated alkanes) is 9. The fraction of sp³-hybridized carbons (Fsp3) is 1.00. The maximum atomic E-state index is 9.86. The second-order valence-corrected chi connectivity index (χ2v) is 5.57. The standard InChI is InChI=1S/C15H31NO/c1-15(2)13-11-9-7-5-3-4-6-8-10-12-14-16-17/h15H,3-14H2,1-2H3. The van der Waals surface area contributed by atoms with Crippen LogP contribution in [0.15, 0.2) is 5.18 Å². The van der Waals surface area contributed by atoms with Gasteiger partial charge in [0.05, 0.1) is 6.54 Å². The van der Waals surface area contributed by atoms with Crippen LogP contribution >= 0.6 is 0 Å². The normalized spacial score (nSPS) is 11.0. The number of nitroso groups, excluding NO2 is 1. The van der Waals surface area contributed by atoms with Crippen LogP contribution in [-0.2, 0) is 0 Å². The summed E-state index contributed by atoms with van der Waals surface area (Å²) in [6.45, 7) is 5.12. The number of rotatable bonds is 13. The summed E-state index contributed by atoms with van der Waals surface area (Å²) in [7, 11) is 0. The van der Waals surface area contributed by atoms with Crippen LogP contribution in [0.1, 0.15) is 84.5 Å². The maximum absolute atomic E-state index is 9.86. The predicted octanol–water partition coefficient (Wildman–Crippen LogP) is 5.70. The first-order valence-electron chi connectivity index (χ1n) is 7.56. The number of hydrogen-bond donors (Lipinski definition) is 0. The zero-order chi connectivity index (χ0) is 12.8. The van der Waals surface area contributed by atoms with Gasteiger partial charge in [0.2, 0.25) is 0 Å². The van der Waals surface area contributed by atoms with E-state index < -0.39 is 0 Å². The molecule has 0 aliphatic rings. The third-order valence-corrected chi connectivity index (χ3v) is 3.28. The van der Waals surface area contributed by atoms with Crippen LogP contribution in [0.25, 0.3) is 0 Å². The average Bonchev–Trinajstić information content (AvgIpc) is 2.30. The van der Waals surface area contributed by atoms with Gasteiger partial charge in [-0.2, -0.15) is 4.91 Å². The molecule has 0 aliphatic carbocycles. The van der Waals surface area contributed by atoms with Gasteiger partial charge in [-0.15, -0.1) is 0 Å². The second-order valence-electron chi connectivity index (χ2n) is 5.57. The highest BCUT2D eigenvalue weighted by molar-refractivity contribution is 4.50. The topological polar surface area (TPSA) is 29.4 Å². The third-order valence-electron chi connectivity index (χ3n) is 3.28. The van der Waals surface area contributed by atoms with Crippen molar-refractivity contribution in [2.75, 3.05) is 6.54 Å². The quantitative estimate of drug-likeness (QED) is 0.300. The molecular weight excluding hydrogens is 210 g/mol. The van der Waals surface area contributed by atoms with Gasteiger partial charge in [0.15, 0.2) is 0 Å². The van der Waals surface area contributed by atoms with Crippen LogP contribution < -0.4 is 0 Å². The first-order chi connectivity index (χ1) is 8.27. The lowest BCUT2D eigenvalue weighted by Crippen LogP contribution is -1.87. The molecule has 0 radical (unpaired) electrons. The summed E-state index contributed by atoms with van der Waals surface area (Å²) in [5.74, 6) is 0.871. The average molecular weight is 241 g/mol. The van der Waals surface area contributed by atoms with E-state index in [-0.39, 0.29) is 0 Å². The van der Waals surface area contributed by atoms with Crippen molar-refractivity contribution in [1.29, 1.82) is 0 Å². The van der Waals surface area contributed by atoms with Crippen molar-refractivity contribution in [2.45, 2.75) is 84.5 Å². The van der Waals surface area contributed by atoms with E-state index in [1.54, 1.807) is 0 Å². The second kappa shape index (κ2) is 13.7. The molecule has 102 valence electrons. The molecule has 0 N–H and O–H groups in total. The van der Waals surface area contributed by atoms with Crippen molar-refractivity contribution in [3.63, 3.8) is 0 Å². The minimum absolute atomic E-state index is 0.510. The van der Waals surface area contributed by atoms with Gasteiger partial charge >= 0.3 is 0 Å². The molecule has 17 heavy (non-hydrogen) atoms. The maximum Gasteiger partial charge on any atom is 0.0811 e. The van der Waals surface area contributed by atoms with Crippen LogP contribution in [0.4, 0.5) is 0 Å². The fourth-order valence-electron chi connectivity index (χ4n) is 2.14. The highest BCUT2D eigenvalue weighted by atomic mass is 16.3. The Labute approximate surface area is 108 Å². The van der Waals surface area contributed by atoms with Gasteiger partial charge in [0, 0.05) is 0 Å². The molecule has 0 unspecified atom stereocenters. The molecule has 0 aliphatic heterocycles. The molecule has 0 atom stereocenters. The SMILES string of the molecule is CC(C)CCCCCCCCCCCCN=O. The molecule has 0 heterocycles. The Balaban J connectivity index is 2.91. The molecule has 0 spiro atoms. The van der Waals surface area contributed by atoms with Gasteiger partial charge in [0.1, 0.15) is 0 Å². The van der Waals surface area contributed by atoms with E-state index in [9.17, 15) is 4.91 Å². The van der Waals surface area contributed by atoms with Crippen LogP contribution in [0.3, 0.4) is 0 Å². The Bertz CT molecular complexity index is 157. The number of hydrogen-bond acceptors (Lipinski definition) is 2. The summed E-state index contributed by atoms with van der Waals surface area (Å²) in [5.41, 5.74) is 0. The summed E-state index contributed by atoms with van der Waals surface area (Å²) in [4.78, 5) is 9.86. The lowest BCUT2D eigenvalue weighted by atomic mass is 10.0. The Morgan fingerprint density at radius 2 is 1.12 bits per heavy atom. The molecule has 2 heteroatoms. The van der Waals surface area contributed by atoms with E-state index in [2.05, 4.69) is 19.0 Å². The summed E-state index contributed by atoms with van der Waals surface area (Å²) >= 11 is 0. The van der Waals surface area contributed by atoms with E-state index >= 15 is 0 Å². The minimum atomic E-state index is 0.510. The van der Waals surface area contributed by atoms with Gasteiger partial charge < -0.3 is 0 Å². The van der Waals surface area contributed by atoms with Gasteiger partial charge in [-0.05, 0) is 12.3 Å². The van der Waals surface area contributed by atoms with Gasteiger partial charge in [-0.1, -0.05) is 83.2 Å². The Kier molecular flexibility index (Phi) is 13.3. The molecule has 0 saturated carbocycles. The molecule has 0 aromatic rings. The Morgan fingerprint density at radius 3 is 1.53 bits per heavy atom. The van der Waals surface area contributed by atoms with Gasteiger partial charge in [0.25, 0.3) is 0 Å². The lowest BCUT2D eigenvalue weighted by Gasteiger charge is -2.04. The van der Waals surface area contributed by atoms with Crippen molar-refractivity contribution in [3.05, 3.63) is 4.91 Å². The molecular formula is C15H31NO. The molecule has 0 saturated heterocycles. The van der Waals surface area contributed by atoms with Crippen molar-refractivity contribution in [3.8, 4) is 0 Å². The molecule has 0 fully saturated rings. The highest BCUT2D eigenvalue weighted by Crippen LogP contribution is 2.13. The molecule has 0 aromatic carbocycles. The summed E-state index contributed by atoms with van der Waals surface area (Å²) in [6, 6.07) is 0. The van der Waals surface area contributed by atoms with Gasteiger partial charge in [-0.25, -0.2) is 0 Å². The van der Waals surface area contributed by atoms with Crippen LogP contribution in [0.2, 0.25) is 0 Å². The van der Waals surface area contributed by atoms with E-state index in [1.807, 2.05) is 0 Å². The van der Waals surface area contributed by atoms with Crippen molar-refractivity contribution in [1.82, 2.24) is 0 Å². The molecule has 0 aromatic heterocycles. The van der Waals surface area contributed by atoms with Crippen molar-refractivity contribution >= 4 is 0 Å². The summed E-state index contributed by atoms with van der Waals surface area (Å²) in [6.07, 6.45) is 14.6. The lowest BCUT2D eigenvalue weighted by molar-refractivity contribution is 0.505. The first kappa shape index (κ1) is 16.6. The zero-order valence-corrected chi connectivity index (χ0v) is 11.9. The van der Waals surface area contributed by atoms with Gasteiger partial charge in [-0.3, -0.25) is 0 Å². The Morgan fingerprint density at radius 1 is 0.706 bits per heavy atom. The van der Waals surface area contributed by atoms with Crippen LogP contribution in [-0.4, -0.2) is 6.54 Å². The number of nitrogens with zero attached hydrogens (tertiary/aromatic N) is 1. The smallest absolute Gasteiger partial charge is 0.0811 e. The Hall–Kier alpha value is -0.400. The zero-order valence-electron chi connectivity index (χ0n) is 11.9. The van der Waals surface area contributed by atoms with Crippen molar-refractivity contribution < 1.29 is 0 Å². The summed E-state index contributed by atoms with van der Waals surface area (Å²) < 4.78 is 0. The molecule has 0 amide bonds. The molecule has 0 bridgehead atoms. The van der Waals surface area contributed by atoms with E-state index in [0.717, 1.165) is 12.3 Å².